The van der Waals surface area contributed by atoms with Gasteiger partial charge in [-0.3, -0.25) is 13.9 Å². The molecule has 10 heteroatoms. The largest absolute Gasteiger partial charge is 0.457 e. The second-order valence-corrected chi connectivity index (χ2v) is 12.6. The maximum absolute atomic E-state index is 14.0. The third-order valence-corrected chi connectivity index (χ3v) is 8.95. The lowest BCUT2D eigenvalue weighted by atomic mass is 10.1. The minimum absolute atomic E-state index is 0.0414. The topological polar surface area (TPSA) is 96.0 Å². The van der Waals surface area contributed by atoms with Crippen molar-refractivity contribution in [3.63, 3.8) is 0 Å². The van der Waals surface area contributed by atoms with Gasteiger partial charge in [-0.25, -0.2) is 8.42 Å². The fourth-order valence-electron chi connectivity index (χ4n) is 4.36. The number of halogens is 1. The van der Waals surface area contributed by atoms with E-state index in [-0.39, 0.29) is 23.0 Å². The average Bonchev–Trinajstić information content (AvgIpc) is 3.02. The normalized spacial score (nSPS) is 11.8. The molecule has 2 amide bonds. The van der Waals surface area contributed by atoms with Crippen LogP contribution in [0.25, 0.3) is 0 Å². The van der Waals surface area contributed by atoms with Crippen LogP contribution in [0.3, 0.4) is 0 Å². The van der Waals surface area contributed by atoms with E-state index in [0.29, 0.717) is 18.0 Å². The summed E-state index contributed by atoms with van der Waals surface area (Å²) in [4.78, 5) is 28.5. The molecule has 0 unspecified atom stereocenters. The van der Waals surface area contributed by atoms with Crippen molar-refractivity contribution in [1.29, 1.82) is 0 Å². The highest BCUT2D eigenvalue weighted by Crippen LogP contribution is 2.28. The second kappa shape index (κ2) is 14.8. The molecule has 0 saturated heterocycles. The van der Waals surface area contributed by atoms with Crippen molar-refractivity contribution >= 4 is 43.5 Å². The molecule has 0 spiro atoms. The Labute approximate surface area is 261 Å². The molecule has 8 nitrogen and oxygen atoms in total. The smallest absolute Gasteiger partial charge is 0.264 e. The van der Waals surface area contributed by atoms with E-state index in [1.54, 1.807) is 49.4 Å². The zero-order valence-corrected chi connectivity index (χ0v) is 26.4. The summed E-state index contributed by atoms with van der Waals surface area (Å²) in [6.45, 7) is 3.65. The maximum atomic E-state index is 14.0. The monoisotopic (exact) mass is 663 g/mol. The van der Waals surface area contributed by atoms with Gasteiger partial charge in [0, 0.05) is 17.6 Å². The van der Waals surface area contributed by atoms with E-state index in [1.807, 2.05) is 61.5 Å². The number of ether oxygens (including phenoxy) is 1. The third-order valence-electron chi connectivity index (χ3n) is 6.67. The minimum Gasteiger partial charge on any atom is -0.457 e. The van der Waals surface area contributed by atoms with Crippen LogP contribution in [-0.4, -0.2) is 44.3 Å². The Balaban J connectivity index is 1.68. The van der Waals surface area contributed by atoms with Crippen molar-refractivity contribution in [3.8, 4) is 11.5 Å². The predicted molar refractivity (Wildman–Crippen MR) is 171 cm³/mol. The number of hydrogen-bond donors (Lipinski definition) is 1. The van der Waals surface area contributed by atoms with Crippen molar-refractivity contribution < 1.29 is 22.7 Å². The summed E-state index contributed by atoms with van der Waals surface area (Å²) in [5.41, 5.74) is 1.07. The fourth-order valence-corrected chi connectivity index (χ4v) is 6.25. The molecule has 0 bridgehead atoms. The van der Waals surface area contributed by atoms with Crippen LogP contribution >= 0.6 is 15.9 Å². The lowest BCUT2D eigenvalue weighted by Crippen LogP contribution is -2.51. The fraction of sp³-hybridized carbons (Fsp3) is 0.212. The Morgan fingerprint density at radius 3 is 2.12 bits per heavy atom. The number of benzene rings is 4. The predicted octanol–water partition coefficient (Wildman–Crippen LogP) is 6.38. The van der Waals surface area contributed by atoms with Crippen LogP contribution in [-0.2, 0) is 26.2 Å². The molecular weight excluding hydrogens is 630 g/mol. The summed E-state index contributed by atoms with van der Waals surface area (Å²) in [5, 5.41) is 2.84. The molecule has 4 aromatic rings. The Morgan fingerprint density at radius 1 is 0.860 bits per heavy atom. The molecule has 4 aromatic carbocycles. The highest BCUT2D eigenvalue weighted by molar-refractivity contribution is 9.10. The van der Waals surface area contributed by atoms with E-state index in [4.69, 9.17) is 4.74 Å². The van der Waals surface area contributed by atoms with E-state index in [2.05, 4.69) is 21.2 Å². The van der Waals surface area contributed by atoms with Gasteiger partial charge >= 0.3 is 0 Å². The number of carbonyl (C=O) groups excluding carboxylic acids is 2. The molecule has 0 saturated carbocycles. The van der Waals surface area contributed by atoms with Crippen LogP contribution in [0.5, 0.6) is 11.5 Å². The lowest BCUT2D eigenvalue weighted by Gasteiger charge is -2.32. The SMILES string of the molecule is CCCNC(=O)[C@H](C)N(Cc1cccc(Br)c1)C(=O)CN(c1ccc(Oc2ccccc2)cc1)S(=O)(=O)c1ccccc1. The molecule has 224 valence electrons. The summed E-state index contributed by atoms with van der Waals surface area (Å²) in [5.74, 6) is 0.307. The zero-order valence-electron chi connectivity index (χ0n) is 24.0. The second-order valence-electron chi connectivity index (χ2n) is 9.85. The van der Waals surface area contributed by atoms with Gasteiger partial charge in [0.25, 0.3) is 10.0 Å². The number of anilines is 1. The van der Waals surface area contributed by atoms with Gasteiger partial charge in [-0.15, -0.1) is 0 Å². The van der Waals surface area contributed by atoms with Gasteiger partial charge in [-0.05, 0) is 79.6 Å². The summed E-state index contributed by atoms with van der Waals surface area (Å²) < 4.78 is 35.7. The Morgan fingerprint density at radius 2 is 1.49 bits per heavy atom. The van der Waals surface area contributed by atoms with Gasteiger partial charge in [-0.2, -0.15) is 0 Å². The molecule has 0 radical (unpaired) electrons. The van der Waals surface area contributed by atoms with Crippen LogP contribution in [0.15, 0.2) is 119 Å². The Bertz CT molecular complexity index is 1620. The first kappa shape index (κ1) is 31.8. The molecule has 0 heterocycles. The number of sulfonamides is 1. The van der Waals surface area contributed by atoms with Crippen molar-refractivity contribution in [2.24, 2.45) is 0 Å². The molecular formula is C33H34BrN3O5S. The number of nitrogens with zero attached hydrogens (tertiary/aromatic N) is 2. The van der Waals surface area contributed by atoms with Crippen molar-refractivity contribution in [2.75, 3.05) is 17.4 Å². The first-order valence-corrected chi connectivity index (χ1v) is 16.1. The highest BCUT2D eigenvalue weighted by atomic mass is 79.9. The number of amides is 2. The van der Waals surface area contributed by atoms with E-state index >= 15 is 0 Å². The average molecular weight is 665 g/mol. The standard InChI is InChI=1S/C33H34BrN3O5S/c1-3-21-35-33(39)25(2)36(23-26-11-10-12-27(34)22-26)32(38)24-37(43(40,41)31-15-8-5-9-16-31)28-17-19-30(20-18-28)42-29-13-6-4-7-14-29/h4-20,22,25H,3,21,23-24H2,1-2H3,(H,35,39)/t25-/m0/s1. The van der Waals surface area contributed by atoms with Crippen LogP contribution < -0.4 is 14.4 Å². The van der Waals surface area contributed by atoms with Crippen molar-refractivity contribution in [2.45, 2.75) is 37.8 Å². The third kappa shape index (κ3) is 8.46. The van der Waals surface area contributed by atoms with Crippen molar-refractivity contribution in [1.82, 2.24) is 10.2 Å². The summed E-state index contributed by atoms with van der Waals surface area (Å²) >= 11 is 3.46. The Kier molecular flexibility index (Phi) is 11.0. The molecule has 1 N–H and O–H groups in total. The van der Waals surface area contributed by atoms with Gasteiger partial charge in [0.1, 0.15) is 24.1 Å². The lowest BCUT2D eigenvalue weighted by molar-refractivity contribution is -0.139. The summed E-state index contributed by atoms with van der Waals surface area (Å²) in [6, 6.07) is 30.3. The van der Waals surface area contributed by atoms with Crippen LogP contribution in [0.2, 0.25) is 0 Å². The number of para-hydroxylation sites is 1. The number of carbonyl (C=O) groups is 2. The molecule has 0 aliphatic rings. The minimum atomic E-state index is -4.16. The van der Waals surface area contributed by atoms with E-state index in [0.717, 1.165) is 20.8 Å². The quantitative estimate of drug-likeness (QED) is 0.179. The van der Waals surface area contributed by atoms with Gasteiger partial charge in [0.05, 0.1) is 10.6 Å². The maximum Gasteiger partial charge on any atom is 0.264 e. The number of nitrogens with one attached hydrogen (secondary N) is 1. The van der Waals surface area contributed by atoms with E-state index in [9.17, 15) is 18.0 Å². The van der Waals surface area contributed by atoms with Gasteiger partial charge in [0.2, 0.25) is 11.8 Å². The van der Waals surface area contributed by atoms with Crippen LogP contribution in [0.1, 0.15) is 25.8 Å². The van der Waals surface area contributed by atoms with Gasteiger partial charge in [-0.1, -0.05) is 71.4 Å². The summed E-state index contributed by atoms with van der Waals surface area (Å²) in [6.07, 6.45) is 0.741. The summed E-state index contributed by atoms with van der Waals surface area (Å²) in [7, 11) is -4.16. The molecule has 0 aliphatic carbocycles. The van der Waals surface area contributed by atoms with Gasteiger partial charge < -0.3 is 15.0 Å². The molecule has 1 atom stereocenters. The van der Waals surface area contributed by atoms with E-state index < -0.39 is 28.5 Å². The van der Waals surface area contributed by atoms with Gasteiger partial charge in [0.15, 0.2) is 0 Å². The van der Waals surface area contributed by atoms with Crippen LogP contribution in [0, 0.1) is 0 Å². The van der Waals surface area contributed by atoms with Crippen LogP contribution in [0.4, 0.5) is 5.69 Å². The first-order valence-electron chi connectivity index (χ1n) is 13.9. The van der Waals surface area contributed by atoms with Crippen molar-refractivity contribution in [3.05, 3.63) is 119 Å². The van der Waals surface area contributed by atoms with E-state index in [1.165, 1.54) is 17.0 Å². The molecule has 0 aliphatic heterocycles. The highest BCUT2D eigenvalue weighted by Gasteiger charge is 2.32. The number of hydrogen-bond acceptors (Lipinski definition) is 5. The number of rotatable bonds is 13. The molecule has 0 aromatic heterocycles. The zero-order chi connectivity index (χ0) is 30.8. The Hall–Kier alpha value is -4.15. The molecule has 0 fully saturated rings. The first-order chi connectivity index (χ1) is 20.7. The molecule has 43 heavy (non-hydrogen) atoms. The molecule has 4 rings (SSSR count).